The molecule has 30 heavy (non-hydrogen) atoms. The van der Waals surface area contributed by atoms with Gasteiger partial charge in [-0.05, 0) is 49.2 Å². The van der Waals surface area contributed by atoms with E-state index in [0.717, 1.165) is 48.0 Å². The monoisotopic (exact) mass is 406 g/mol. The molecule has 2 heterocycles. The Morgan fingerprint density at radius 2 is 1.13 bits per heavy atom. The topological polar surface area (TPSA) is 78.9 Å². The fraction of sp³-hybridized carbons (Fsp3) is 0.250. The number of hydrogen-bond donors (Lipinski definition) is 0. The third-order valence-corrected chi connectivity index (χ3v) is 5.08. The molecular formula is C24H22O6. The first-order valence-electron chi connectivity index (χ1n) is 9.79. The normalized spacial score (nSPS) is 11.1. The van der Waals surface area contributed by atoms with Gasteiger partial charge in [-0.15, -0.1) is 0 Å². The number of esters is 2. The largest absolute Gasteiger partial charge is 0.465 e. The Balaban J connectivity index is 1.35. The van der Waals surface area contributed by atoms with E-state index in [1.807, 2.05) is 24.3 Å². The highest BCUT2D eigenvalue weighted by atomic mass is 16.5. The van der Waals surface area contributed by atoms with Crippen molar-refractivity contribution >= 4 is 33.9 Å². The van der Waals surface area contributed by atoms with Crippen LogP contribution in [-0.4, -0.2) is 26.2 Å². The van der Waals surface area contributed by atoms with Gasteiger partial charge in [0.15, 0.2) is 0 Å². The molecule has 6 nitrogen and oxygen atoms in total. The van der Waals surface area contributed by atoms with Gasteiger partial charge in [-0.2, -0.15) is 0 Å². The minimum absolute atomic E-state index is 0.376. The van der Waals surface area contributed by atoms with Gasteiger partial charge in [0.25, 0.3) is 0 Å². The van der Waals surface area contributed by atoms with Crippen LogP contribution in [0.5, 0.6) is 0 Å². The molecule has 154 valence electrons. The Labute approximate surface area is 173 Å². The van der Waals surface area contributed by atoms with Crippen molar-refractivity contribution in [1.82, 2.24) is 0 Å². The number of rotatable bonds is 7. The highest BCUT2D eigenvalue weighted by molar-refractivity contribution is 5.94. The molecule has 0 fully saturated rings. The quantitative estimate of drug-likeness (QED) is 0.305. The van der Waals surface area contributed by atoms with E-state index in [-0.39, 0.29) is 11.9 Å². The number of carbonyl (C=O) groups is 2. The Morgan fingerprint density at radius 1 is 0.700 bits per heavy atom. The summed E-state index contributed by atoms with van der Waals surface area (Å²) >= 11 is 0. The number of ether oxygens (including phenoxy) is 2. The highest BCUT2D eigenvalue weighted by Gasteiger charge is 2.11. The third-order valence-electron chi connectivity index (χ3n) is 5.08. The fourth-order valence-corrected chi connectivity index (χ4v) is 3.51. The molecule has 0 amide bonds. The van der Waals surface area contributed by atoms with Gasteiger partial charge in [0.05, 0.1) is 25.3 Å². The van der Waals surface area contributed by atoms with Crippen molar-refractivity contribution in [3.63, 3.8) is 0 Å². The van der Waals surface area contributed by atoms with Gasteiger partial charge < -0.3 is 18.3 Å². The lowest BCUT2D eigenvalue weighted by molar-refractivity contribution is 0.0592. The van der Waals surface area contributed by atoms with E-state index < -0.39 is 0 Å². The molecule has 6 heteroatoms. The summed E-state index contributed by atoms with van der Waals surface area (Å²) in [5, 5.41) is 1.94. The molecule has 0 saturated heterocycles. The van der Waals surface area contributed by atoms with Crippen molar-refractivity contribution < 1.29 is 27.9 Å². The van der Waals surface area contributed by atoms with E-state index in [9.17, 15) is 9.59 Å². The van der Waals surface area contributed by atoms with Crippen LogP contribution in [0.3, 0.4) is 0 Å². The summed E-state index contributed by atoms with van der Waals surface area (Å²) in [6.07, 6.45) is 3.48. The van der Waals surface area contributed by atoms with Crippen LogP contribution < -0.4 is 0 Å². The molecular weight excluding hydrogens is 384 g/mol. The number of hydrogen-bond acceptors (Lipinski definition) is 6. The summed E-state index contributed by atoms with van der Waals surface area (Å²) in [5.41, 5.74) is 2.33. The van der Waals surface area contributed by atoms with Crippen LogP contribution in [-0.2, 0) is 22.3 Å². The minimum Gasteiger partial charge on any atom is -0.465 e. The number of aryl methyl sites for hydroxylation is 2. The van der Waals surface area contributed by atoms with Crippen LogP contribution in [0.1, 0.15) is 45.1 Å². The van der Waals surface area contributed by atoms with Crippen molar-refractivity contribution in [2.45, 2.75) is 25.7 Å². The van der Waals surface area contributed by atoms with Crippen LogP contribution in [0.15, 0.2) is 57.4 Å². The van der Waals surface area contributed by atoms with Gasteiger partial charge in [0, 0.05) is 23.6 Å². The molecule has 4 rings (SSSR count). The van der Waals surface area contributed by atoms with E-state index in [1.54, 1.807) is 24.3 Å². The molecule has 0 aliphatic heterocycles. The van der Waals surface area contributed by atoms with Crippen LogP contribution in [0.25, 0.3) is 21.9 Å². The van der Waals surface area contributed by atoms with Crippen molar-refractivity contribution in [3.8, 4) is 0 Å². The summed E-state index contributed by atoms with van der Waals surface area (Å²) < 4.78 is 21.2. The predicted octanol–water partition coefficient (Wildman–Crippen LogP) is 5.32. The maximum Gasteiger partial charge on any atom is 0.337 e. The van der Waals surface area contributed by atoms with E-state index in [1.165, 1.54) is 14.2 Å². The SMILES string of the molecule is COC(=O)c1ccc2cc(CCCCc3cc4ccc(C(=O)OC)cc4o3)oc2c1. The molecule has 0 aliphatic rings. The average Bonchev–Trinajstić information content (AvgIpc) is 3.37. The second kappa shape index (κ2) is 8.45. The molecule has 0 aliphatic carbocycles. The zero-order valence-electron chi connectivity index (χ0n) is 16.9. The van der Waals surface area contributed by atoms with Crippen molar-refractivity contribution in [1.29, 1.82) is 0 Å². The lowest BCUT2D eigenvalue weighted by Gasteiger charge is -1.98. The third kappa shape index (κ3) is 4.08. The smallest absolute Gasteiger partial charge is 0.337 e. The number of benzene rings is 2. The number of carbonyl (C=O) groups excluding carboxylic acids is 2. The first kappa shape index (κ1) is 19.8. The van der Waals surface area contributed by atoms with Crippen LogP contribution in [0.4, 0.5) is 0 Å². The maximum absolute atomic E-state index is 11.6. The minimum atomic E-state index is -0.376. The molecule has 0 radical (unpaired) electrons. The van der Waals surface area contributed by atoms with E-state index in [4.69, 9.17) is 18.3 Å². The fourth-order valence-electron chi connectivity index (χ4n) is 3.51. The van der Waals surface area contributed by atoms with Crippen LogP contribution in [0.2, 0.25) is 0 Å². The van der Waals surface area contributed by atoms with Crippen LogP contribution >= 0.6 is 0 Å². The Morgan fingerprint density at radius 3 is 1.53 bits per heavy atom. The predicted molar refractivity (Wildman–Crippen MR) is 112 cm³/mol. The van der Waals surface area contributed by atoms with Gasteiger partial charge in [0.2, 0.25) is 0 Å². The van der Waals surface area contributed by atoms with Crippen molar-refractivity contribution in [2.24, 2.45) is 0 Å². The van der Waals surface area contributed by atoms with Crippen molar-refractivity contribution in [3.05, 3.63) is 71.2 Å². The number of fused-ring (bicyclic) bond motifs is 2. The van der Waals surface area contributed by atoms with E-state index in [2.05, 4.69) is 0 Å². The first-order chi connectivity index (χ1) is 14.6. The summed E-state index contributed by atoms with van der Waals surface area (Å²) in [4.78, 5) is 23.3. The second-order valence-electron chi connectivity index (χ2n) is 7.12. The van der Waals surface area contributed by atoms with Gasteiger partial charge in [0.1, 0.15) is 22.7 Å². The Bertz CT molecular complexity index is 1120. The van der Waals surface area contributed by atoms with Gasteiger partial charge in [-0.25, -0.2) is 9.59 Å². The summed E-state index contributed by atoms with van der Waals surface area (Å²) in [6.45, 7) is 0. The van der Waals surface area contributed by atoms with E-state index in [0.29, 0.717) is 22.3 Å². The maximum atomic E-state index is 11.6. The second-order valence-corrected chi connectivity index (χ2v) is 7.12. The lowest BCUT2D eigenvalue weighted by Crippen LogP contribution is -1.99. The lowest BCUT2D eigenvalue weighted by atomic mass is 10.1. The Hall–Kier alpha value is -3.54. The molecule has 2 aromatic heterocycles. The standard InChI is InChI=1S/C24H22O6/c1-27-23(25)17-9-7-15-11-19(29-21(15)13-17)5-3-4-6-20-12-16-8-10-18(24(26)28-2)14-22(16)30-20/h7-14H,3-6H2,1-2H3. The number of methoxy groups -OCH3 is 2. The summed E-state index contributed by atoms with van der Waals surface area (Å²) in [5.74, 6) is 1.03. The first-order valence-corrected chi connectivity index (χ1v) is 9.79. The molecule has 2 aromatic carbocycles. The molecule has 0 bridgehead atoms. The molecule has 0 saturated carbocycles. The van der Waals surface area contributed by atoms with Gasteiger partial charge in [-0.3, -0.25) is 0 Å². The van der Waals surface area contributed by atoms with E-state index >= 15 is 0 Å². The number of unbranched alkanes of at least 4 members (excludes halogenated alkanes) is 1. The molecule has 0 spiro atoms. The highest BCUT2D eigenvalue weighted by Crippen LogP contribution is 2.24. The van der Waals surface area contributed by atoms with Gasteiger partial charge in [-0.1, -0.05) is 12.1 Å². The van der Waals surface area contributed by atoms with Crippen LogP contribution in [0, 0.1) is 0 Å². The molecule has 0 unspecified atom stereocenters. The average molecular weight is 406 g/mol. The van der Waals surface area contributed by atoms with Gasteiger partial charge >= 0.3 is 11.9 Å². The summed E-state index contributed by atoms with van der Waals surface area (Å²) in [7, 11) is 2.72. The Kier molecular flexibility index (Phi) is 5.57. The summed E-state index contributed by atoms with van der Waals surface area (Å²) in [6, 6.07) is 14.6. The molecule has 4 aromatic rings. The zero-order chi connectivity index (χ0) is 21.1. The van der Waals surface area contributed by atoms with Crippen molar-refractivity contribution in [2.75, 3.05) is 14.2 Å². The number of furan rings is 2. The zero-order valence-corrected chi connectivity index (χ0v) is 16.9. The molecule has 0 atom stereocenters. The molecule has 0 N–H and O–H groups in total.